The molecule has 0 radical (unpaired) electrons. The van der Waals surface area contributed by atoms with Crippen LogP contribution in [0.1, 0.15) is 43.4 Å². The molecule has 114 valence electrons. The monoisotopic (exact) mass is 358 g/mol. The Labute approximate surface area is 136 Å². The molecule has 1 N–H and O–H groups in total. The first-order valence-electron chi connectivity index (χ1n) is 7.66. The van der Waals surface area contributed by atoms with Crippen molar-refractivity contribution in [3.63, 3.8) is 0 Å². The number of rotatable bonds is 5. The SMILES string of the molecule is CNC(Cc1cc(Br)cs1)C1(N(C)C)CCCCCC1. The Bertz CT molecular complexity index is 408. The summed E-state index contributed by atoms with van der Waals surface area (Å²) < 4.78 is 1.21. The van der Waals surface area contributed by atoms with Crippen molar-refractivity contribution < 1.29 is 0 Å². The van der Waals surface area contributed by atoms with E-state index < -0.39 is 0 Å². The number of nitrogens with zero attached hydrogens (tertiary/aromatic N) is 1. The first-order chi connectivity index (χ1) is 9.58. The van der Waals surface area contributed by atoms with E-state index in [-0.39, 0.29) is 0 Å². The fraction of sp³-hybridized carbons (Fsp3) is 0.750. The molecule has 0 aromatic carbocycles. The van der Waals surface area contributed by atoms with Crippen LogP contribution in [0.3, 0.4) is 0 Å². The van der Waals surface area contributed by atoms with Gasteiger partial charge in [-0.3, -0.25) is 0 Å². The third kappa shape index (κ3) is 3.65. The predicted octanol–water partition coefficient (Wildman–Crippen LogP) is 4.30. The topological polar surface area (TPSA) is 15.3 Å². The van der Waals surface area contributed by atoms with Gasteiger partial charge in [0.15, 0.2) is 0 Å². The van der Waals surface area contributed by atoms with E-state index in [1.807, 2.05) is 11.3 Å². The van der Waals surface area contributed by atoms with Gasteiger partial charge in [-0.25, -0.2) is 0 Å². The summed E-state index contributed by atoms with van der Waals surface area (Å²) in [4.78, 5) is 3.96. The van der Waals surface area contributed by atoms with Crippen LogP contribution in [0.2, 0.25) is 0 Å². The van der Waals surface area contributed by atoms with Crippen molar-refractivity contribution in [3.8, 4) is 0 Å². The van der Waals surface area contributed by atoms with Crippen LogP contribution in [0.4, 0.5) is 0 Å². The lowest BCUT2D eigenvalue weighted by Crippen LogP contribution is -2.59. The molecular formula is C16H27BrN2S. The first-order valence-corrected chi connectivity index (χ1v) is 9.33. The molecular weight excluding hydrogens is 332 g/mol. The van der Waals surface area contributed by atoms with Crippen molar-refractivity contribution >= 4 is 27.3 Å². The van der Waals surface area contributed by atoms with Crippen molar-refractivity contribution in [3.05, 3.63) is 20.8 Å². The summed E-state index contributed by atoms with van der Waals surface area (Å²) in [7, 11) is 6.66. The van der Waals surface area contributed by atoms with Crippen LogP contribution >= 0.6 is 27.3 Å². The summed E-state index contributed by atoms with van der Waals surface area (Å²) >= 11 is 5.44. The minimum absolute atomic E-state index is 0.307. The normalized spacial score (nSPS) is 20.9. The molecule has 1 heterocycles. The molecule has 20 heavy (non-hydrogen) atoms. The highest BCUT2D eigenvalue weighted by atomic mass is 79.9. The lowest BCUT2D eigenvalue weighted by atomic mass is 9.79. The van der Waals surface area contributed by atoms with Crippen LogP contribution in [0.25, 0.3) is 0 Å². The number of hydrogen-bond donors (Lipinski definition) is 1. The Hall–Kier alpha value is 0.1000. The number of nitrogens with one attached hydrogen (secondary N) is 1. The molecule has 1 fully saturated rings. The Kier molecular flexibility index (Phi) is 6.09. The molecule has 1 unspecified atom stereocenters. The maximum Gasteiger partial charge on any atom is 0.0359 e. The van der Waals surface area contributed by atoms with E-state index in [2.05, 4.69) is 58.7 Å². The van der Waals surface area contributed by atoms with Gasteiger partial charge in [0.25, 0.3) is 0 Å². The van der Waals surface area contributed by atoms with Gasteiger partial charge in [-0.05, 0) is 62.4 Å². The Morgan fingerprint density at radius 1 is 1.30 bits per heavy atom. The molecule has 2 nitrogen and oxygen atoms in total. The van der Waals surface area contributed by atoms with Crippen LogP contribution in [0.5, 0.6) is 0 Å². The van der Waals surface area contributed by atoms with Crippen LogP contribution in [-0.4, -0.2) is 37.6 Å². The van der Waals surface area contributed by atoms with Crippen LogP contribution in [0.15, 0.2) is 15.9 Å². The molecule has 0 spiro atoms. The lowest BCUT2D eigenvalue weighted by molar-refractivity contribution is 0.0839. The average molecular weight is 359 g/mol. The van der Waals surface area contributed by atoms with Gasteiger partial charge in [-0.2, -0.15) is 0 Å². The van der Waals surface area contributed by atoms with Crippen molar-refractivity contribution in [2.45, 2.75) is 56.5 Å². The molecule has 0 amide bonds. The van der Waals surface area contributed by atoms with Gasteiger partial charge < -0.3 is 10.2 Å². The van der Waals surface area contributed by atoms with Crippen molar-refractivity contribution in [1.29, 1.82) is 0 Å². The third-order valence-electron chi connectivity index (χ3n) is 4.88. The van der Waals surface area contributed by atoms with Gasteiger partial charge in [0, 0.05) is 26.3 Å². The number of likely N-dealkylation sites (N-methyl/N-ethyl adjacent to an activating group) is 2. The smallest absolute Gasteiger partial charge is 0.0359 e. The minimum Gasteiger partial charge on any atom is -0.315 e. The zero-order chi connectivity index (χ0) is 14.6. The maximum absolute atomic E-state index is 3.63. The van der Waals surface area contributed by atoms with E-state index in [1.165, 1.54) is 47.9 Å². The zero-order valence-corrected chi connectivity index (χ0v) is 15.3. The van der Waals surface area contributed by atoms with Gasteiger partial charge in [0.1, 0.15) is 0 Å². The van der Waals surface area contributed by atoms with Gasteiger partial charge in [0.2, 0.25) is 0 Å². The molecule has 1 aromatic heterocycles. The second-order valence-corrected chi connectivity index (χ2v) is 8.10. The molecule has 1 aliphatic carbocycles. The fourth-order valence-corrected chi connectivity index (χ4v) is 5.17. The van der Waals surface area contributed by atoms with Gasteiger partial charge in [-0.15, -0.1) is 11.3 Å². The lowest BCUT2D eigenvalue weighted by Gasteiger charge is -2.46. The molecule has 1 aliphatic rings. The van der Waals surface area contributed by atoms with Crippen LogP contribution in [0, 0.1) is 0 Å². The standard InChI is InChI=1S/C16H27BrN2S/c1-18-15(11-14-10-13(17)12-20-14)16(19(2)3)8-6-4-5-7-9-16/h10,12,15,18H,4-9,11H2,1-3H3. The fourth-order valence-electron chi connectivity index (χ4n) is 3.67. The summed E-state index contributed by atoms with van der Waals surface area (Å²) in [6.07, 6.45) is 9.29. The summed E-state index contributed by atoms with van der Waals surface area (Å²) in [5.74, 6) is 0. The van der Waals surface area contributed by atoms with E-state index in [0.29, 0.717) is 11.6 Å². The molecule has 0 aliphatic heterocycles. The van der Waals surface area contributed by atoms with E-state index >= 15 is 0 Å². The summed E-state index contributed by atoms with van der Waals surface area (Å²) in [5.41, 5.74) is 0.307. The highest BCUT2D eigenvalue weighted by Gasteiger charge is 2.40. The van der Waals surface area contributed by atoms with E-state index in [0.717, 1.165) is 6.42 Å². The summed E-state index contributed by atoms with van der Waals surface area (Å²) in [5, 5.41) is 5.82. The highest BCUT2D eigenvalue weighted by Crippen LogP contribution is 2.36. The van der Waals surface area contributed by atoms with Crippen molar-refractivity contribution in [1.82, 2.24) is 10.2 Å². The average Bonchev–Trinajstić information content (AvgIpc) is 2.68. The first kappa shape index (κ1) is 16.5. The Balaban J connectivity index is 2.19. The molecule has 1 saturated carbocycles. The molecule has 1 atom stereocenters. The minimum atomic E-state index is 0.307. The number of hydrogen-bond acceptors (Lipinski definition) is 3. The largest absolute Gasteiger partial charge is 0.315 e. The molecule has 2 rings (SSSR count). The number of thiophene rings is 1. The third-order valence-corrected chi connectivity index (χ3v) is 6.60. The summed E-state index contributed by atoms with van der Waals surface area (Å²) in [6.45, 7) is 0. The highest BCUT2D eigenvalue weighted by molar-refractivity contribution is 9.10. The maximum atomic E-state index is 3.63. The number of halogens is 1. The van der Waals surface area contributed by atoms with Crippen molar-refractivity contribution in [2.75, 3.05) is 21.1 Å². The molecule has 0 saturated heterocycles. The molecule has 4 heteroatoms. The Morgan fingerprint density at radius 3 is 2.40 bits per heavy atom. The second-order valence-electron chi connectivity index (χ2n) is 6.19. The molecule has 0 bridgehead atoms. The van der Waals surface area contributed by atoms with Crippen molar-refractivity contribution in [2.24, 2.45) is 0 Å². The Morgan fingerprint density at radius 2 is 1.95 bits per heavy atom. The van der Waals surface area contributed by atoms with E-state index in [4.69, 9.17) is 0 Å². The molecule has 1 aromatic rings. The second kappa shape index (κ2) is 7.39. The van der Waals surface area contributed by atoms with Crippen LogP contribution < -0.4 is 5.32 Å². The van der Waals surface area contributed by atoms with Gasteiger partial charge >= 0.3 is 0 Å². The quantitative estimate of drug-likeness (QED) is 0.789. The zero-order valence-electron chi connectivity index (χ0n) is 12.9. The van der Waals surface area contributed by atoms with Gasteiger partial charge in [0.05, 0.1) is 0 Å². The van der Waals surface area contributed by atoms with Gasteiger partial charge in [-0.1, -0.05) is 25.7 Å². The van der Waals surface area contributed by atoms with E-state index in [1.54, 1.807) is 0 Å². The summed E-state index contributed by atoms with van der Waals surface area (Å²) in [6, 6.07) is 2.80. The van der Waals surface area contributed by atoms with Crippen LogP contribution in [-0.2, 0) is 6.42 Å². The predicted molar refractivity (Wildman–Crippen MR) is 92.7 cm³/mol. The van der Waals surface area contributed by atoms with E-state index in [9.17, 15) is 0 Å².